The second-order valence-corrected chi connectivity index (χ2v) is 13.8. The van der Waals surface area contributed by atoms with Crippen LogP contribution in [0.15, 0.2) is 41.3 Å². The summed E-state index contributed by atoms with van der Waals surface area (Å²) in [6.07, 6.45) is -3.39. The van der Waals surface area contributed by atoms with Crippen LogP contribution in [0.25, 0.3) is 0 Å². The summed E-state index contributed by atoms with van der Waals surface area (Å²) in [5.41, 5.74) is -3.09. The van der Waals surface area contributed by atoms with Crippen LogP contribution in [0.3, 0.4) is 0 Å². The van der Waals surface area contributed by atoms with Crippen LogP contribution in [0, 0.1) is 23.5 Å². The molecule has 0 aromatic heterocycles. The zero-order valence-corrected chi connectivity index (χ0v) is 23.1. The molecule has 3 N–H and O–H groups in total. The molecule has 224 valence electrons. The average molecular weight is 603 g/mol. The van der Waals surface area contributed by atoms with Crippen molar-refractivity contribution in [3.8, 4) is 0 Å². The molecular formula is C28H31F5N2O5S. The van der Waals surface area contributed by atoms with Crippen LogP contribution in [0.4, 0.5) is 22.0 Å². The summed E-state index contributed by atoms with van der Waals surface area (Å²) in [7, 11) is -3.57. The monoisotopic (exact) mass is 602 g/mol. The van der Waals surface area contributed by atoms with E-state index in [1.807, 2.05) is 0 Å². The summed E-state index contributed by atoms with van der Waals surface area (Å²) < 4.78 is 93.2. The molecule has 0 bridgehead atoms. The zero-order chi connectivity index (χ0) is 30.1. The van der Waals surface area contributed by atoms with Crippen LogP contribution in [0.2, 0.25) is 0 Å². The van der Waals surface area contributed by atoms with Crippen molar-refractivity contribution in [2.75, 3.05) is 6.26 Å². The highest BCUT2D eigenvalue weighted by atomic mass is 32.2. The maximum Gasteiger partial charge on any atom is 0.419 e. The highest BCUT2D eigenvalue weighted by Gasteiger charge is 2.53. The van der Waals surface area contributed by atoms with Crippen LogP contribution in [-0.2, 0) is 20.8 Å². The standard InChI is InChI=1S/C28H31F5N2O5S/c1-27(38)12-16(13-27)24(18-10-21(30)19(11-20(18)29)28(31,32)33)34-25(36)23-9-14-6-7-22(14)35(23)26(37)15-4-3-5-17(8-15)41(2,39)40/h3-5,8,10-11,14,16,22-24,26,37-38H,6-7,9,12-13H2,1-2H3,(H,34,36)/t14-,16?,22-,23-,24-,26?,27?/m1/s1. The summed E-state index contributed by atoms with van der Waals surface area (Å²) in [4.78, 5) is 15.3. The largest absolute Gasteiger partial charge is 0.419 e. The highest BCUT2D eigenvalue weighted by Crippen LogP contribution is 2.49. The highest BCUT2D eigenvalue weighted by molar-refractivity contribution is 7.90. The molecule has 1 amide bonds. The number of benzene rings is 2. The first-order valence-electron chi connectivity index (χ1n) is 13.3. The fraction of sp³-hybridized carbons (Fsp3) is 0.536. The van der Waals surface area contributed by atoms with Gasteiger partial charge in [0.1, 0.15) is 17.9 Å². The number of likely N-dealkylation sites (tertiary alicyclic amines) is 1. The molecule has 0 spiro atoms. The molecule has 3 aliphatic rings. The number of halogens is 5. The first kappa shape index (κ1) is 29.9. The van der Waals surface area contributed by atoms with Crippen molar-refractivity contribution in [2.45, 2.75) is 80.1 Å². The Morgan fingerprint density at radius 1 is 1.12 bits per heavy atom. The van der Waals surface area contributed by atoms with E-state index in [0.717, 1.165) is 12.7 Å². The quantitative estimate of drug-likeness (QED) is 0.410. The predicted octanol–water partition coefficient (Wildman–Crippen LogP) is 4.25. The lowest BCUT2D eigenvalue weighted by Crippen LogP contribution is -2.53. The fourth-order valence-electron chi connectivity index (χ4n) is 6.55. The van der Waals surface area contributed by atoms with Crippen molar-refractivity contribution in [1.82, 2.24) is 10.2 Å². The SMILES string of the molecule is CC1(O)CC([C@@H](NC(=O)[C@H]2C[C@H]3CC[C@H]3N2C(O)c2cccc(S(C)(=O)=O)c2)c2cc(F)c(C(F)(F)F)cc2F)C1. The number of fused-ring (bicyclic) bond motifs is 1. The summed E-state index contributed by atoms with van der Waals surface area (Å²) in [5, 5.41) is 24.3. The molecule has 3 fully saturated rings. The molecule has 2 saturated carbocycles. The molecule has 5 atom stereocenters. The number of hydrogen-bond donors (Lipinski definition) is 3. The van der Waals surface area contributed by atoms with Gasteiger partial charge in [-0.2, -0.15) is 13.2 Å². The van der Waals surface area contributed by atoms with Gasteiger partial charge in [0.25, 0.3) is 0 Å². The predicted molar refractivity (Wildman–Crippen MR) is 137 cm³/mol. The van der Waals surface area contributed by atoms with E-state index in [1.54, 1.807) is 11.0 Å². The van der Waals surface area contributed by atoms with Gasteiger partial charge < -0.3 is 15.5 Å². The van der Waals surface area contributed by atoms with Gasteiger partial charge in [-0.05, 0) is 80.7 Å². The van der Waals surface area contributed by atoms with E-state index < -0.39 is 74.5 Å². The molecule has 7 nitrogen and oxygen atoms in total. The second-order valence-electron chi connectivity index (χ2n) is 11.8. The molecule has 2 aromatic rings. The molecule has 2 aromatic carbocycles. The molecule has 1 aliphatic heterocycles. The normalized spacial score (nSPS) is 29.7. The van der Waals surface area contributed by atoms with Gasteiger partial charge in [0.15, 0.2) is 9.84 Å². The Morgan fingerprint density at radius 3 is 2.37 bits per heavy atom. The number of sulfone groups is 1. The molecular weight excluding hydrogens is 571 g/mol. The smallest absolute Gasteiger partial charge is 0.390 e. The molecule has 0 radical (unpaired) electrons. The van der Waals surface area contributed by atoms with Crippen LogP contribution in [0.1, 0.15) is 68.0 Å². The maximum atomic E-state index is 15.1. The lowest BCUT2D eigenvalue weighted by atomic mass is 9.67. The maximum absolute atomic E-state index is 15.1. The van der Waals surface area contributed by atoms with Crippen molar-refractivity contribution in [1.29, 1.82) is 0 Å². The van der Waals surface area contributed by atoms with E-state index in [-0.39, 0.29) is 41.3 Å². The Kier molecular flexibility index (Phi) is 7.49. The number of rotatable bonds is 7. The Hall–Kier alpha value is -2.61. The van der Waals surface area contributed by atoms with Gasteiger partial charge in [-0.3, -0.25) is 9.69 Å². The zero-order valence-electron chi connectivity index (χ0n) is 22.3. The number of aliphatic hydroxyl groups excluding tert-OH is 1. The van der Waals surface area contributed by atoms with Crippen LogP contribution in [0.5, 0.6) is 0 Å². The fourth-order valence-corrected chi connectivity index (χ4v) is 7.23. The van der Waals surface area contributed by atoms with Crippen molar-refractivity contribution in [2.24, 2.45) is 11.8 Å². The van der Waals surface area contributed by atoms with Gasteiger partial charge in [-0.1, -0.05) is 12.1 Å². The average Bonchev–Trinajstić information content (AvgIpc) is 3.10. The molecule has 2 aliphatic carbocycles. The van der Waals surface area contributed by atoms with Crippen molar-refractivity contribution in [3.05, 3.63) is 64.7 Å². The minimum absolute atomic E-state index is 0.00341. The molecule has 13 heteroatoms. The number of aliphatic hydroxyl groups is 2. The number of hydrogen-bond acceptors (Lipinski definition) is 6. The third kappa shape index (κ3) is 5.73. The van der Waals surface area contributed by atoms with Gasteiger partial charge in [0.2, 0.25) is 5.91 Å². The van der Waals surface area contributed by atoms with E-state index in [2.05, 4.69) is 5.32 Å². The topological polar surface area (TPSA) is 107 Å². The lowest BCUT2D eigenvalue weighted by Gasteiger charge is -2.46. The van der Waals surface area contributed by atoms with E-state index in [1.165, 1.54) is 25.1 Å². The number of amides is 1. The summed E-state index contributed by atoms with van der Waals surface area (Å²) in [6, 6.07) is 3.94. The van der Waals surface area contributed by atoms with Crippen LogP contribution >= 0.6 is 0 Å². The Bertz CT molecular complexity index is 1460. The minimum Gasteiger partial charge on any atom is -0.390 e. The third-order valence-corrected chi connectivity index (χ3v) is 9.83. The minimum atomic E-state index is -5.11. The van der Waals surface area contributed by atoms with E-state index in [4.69, 9.17) is 0 Å². The first-order chi connectivity index (χ1) is 19.0. The van der Waals surface area contributed by atoms with Gasteiger partial charge in [0.05, 0.1) is 28.1 Å². The van der Waals surface area contributed by atoms with Gasteiger partial charge in [-0.15, -0.1) is 0 Å². The number of alkyl halides is 3. The number of carbonyl (C=O) groups excluding carboxylic acids is 1. The molecule has 5 rings (SSSR count). The van der Waals surface area contributed by atoms with Crippen molar-refractivity contribution in [3.63, 3.8) is 0 Å². The van der Waals surface area contributed by atoms with Crippen molar-refractivity contribution >= 4 is 15.7 Å². The van der Waals surface area contributed by atoms with E-state index in [9.17, 15) is 41.0 Å². The van der Waals surface area contributed by atoms with Crippen molar-refractivity contribution < 1.29 is 45.4 Å². The first-order valence-corrected chi connectivity index (χ1v) is 15.2. The van der Waals surface area contributed by atoms with Crippen LogP contribution in [-0.4, -0.2) is 53.4 Å². The van der Waals surface area contributed by atoms with Crippen LogP contribution < -0.4 is 5.32 Å². The lowest BCUT2D eigenvalue weighted by molar-refractivity contribution is -0.140. The number of nitrogens with zero attached hydrogens (tertiary/aromatic N) is 1. The number of carbonyl (C=O) groups is 1. The molecule has 1 heterocycles. The number of nitrogens with one attached hydrogen (secondary N) is 1. The Labute approximate surface area is 234 Å². The third-order valence-electron chi connectivity index (χ3n) is 8.72. The summed E-state index contributed by atoms with van der Waals surface area (Å²) in [5.74, 6) is -4.16. The van der Waals surface area contributed by atoms with Gasteiger partial charge in [0, 0.05) is 17.9 Å². The Balaban J connectivity index is 1.45. The van der Waals surface area contributed by atoms with E-state index in [0.29, 0.717) is 18.9 Å². The molecule has 1 saturated heterocycles. The van der Waals surface area contributed by atoms with Gasteiger partial charge in [-0.25, -0.2) is 17.2 Å². The second kappa shape index (κ2) is 10.3. The summed E-state index contributed by atoms with van der Waals surface area (Å²) in [6.45, 7) is 1.53. The van der Waals surface area contributed by atoms with E-state index >= 15 is 4.39 Å². The van der Waals surface area contributed by atoms with Gasteiger partial charge >= 0.3 is 6.18 Å². The Morgan fingerprint density at radius 2 is 1.80 bits per heavy atom. The molecule has 1 unspecified atom stereocenters. The molecule has 41 heavy (non-hydrogen) atoms. The summed E-state index contributed by atoms with van der Waals surface area (Å²) >= 11 is 0.